The van der Waals surface area contributed by atoms with Crippen LogP contribution in [0.25, 0.3) is 21.7 Å². The molecule has 4 rings (SSSR count). The zero-order valence-electron chi connectivity index (χ0n) is 16.8. The van der Waals surface area contributed by atoms with Crippen LogP contribution < -0.4 is 10.1 Å². The van der Waals surface area contributed by atoms with Crippen molar-refractivity contribution in [2.24, 2.45) is 0 Å². The molecule has 0 aliphatic rings. The van der Waals surface area contributed by atoms with Crippen molar-refractivity contribution in [3.63, 3.8) is 0 Å². The lowest BCUT2D eigenvalue weighted by Gasteiger charge is -2.05. The molecule has 7 heteroatoms. The maximum absolute atomic E-state index is 12.8. The fraction of sp³-hybridized carbons (Fsp3) is 0.130. The Bertz CT molecular complexity index is 1160. The molecule has 0 spiro atoms. The molecule has 0 aliphatic heterocycles. The van der Waals surface area contributed by atoms with E-state index in [2.05, 4.69) is 21.4 Å². The lowest BCUT2D eigenvalue weighted by Crippen LogP contribution is -2.13. The summed E-state index contributed by atoms with van der Waals surface area (Å²) in [6, 6.07) is 15.5. The van der Waals surface area contributed by atoms with Crippen LogP contribution in [0.2, 0.25) is 0 Å². The van der Waals surface area contributed by atoms with Crippen molar-refractivity contribution in [2.45, 2.75) is 13.8 Å². The molecule has 0 radical (unpaired) electrons. The molecule has 1 amide bonds. The third-order valence-electron chi connectivity index (χ3n) is 4.51. The normalized spacial score (nSPS) is 10.6. The minimum absolute atomic E-state index is 0.274. The Kier molecular flexibility index (Phi) is 5.54. The van der Waals surface area contributed by atoms with Crippen molar-refractivity contribution < 1.29 is 9.53 Å². The average Bonchev–Trinajstić information content (AvgIpc) is 3.17. The zero-order chi connectivity index (χ0) is 21.1. The summed E-state index contributed by atoms with van der Waals surface area (Å²) >= 11 is 1.43. The number of methoxy groups -OCH3 is 1. The van der Waals surface area contributed by atoms with E-state index in [9.17, 15) is 4.79 Å². The molecule has 6 nitrogen and oxygen atoms in total. The molecule has 0 saturated carbocycles. The van der Waals surface area contributed by atoms with E-state index in [1.807, 2.05) is 44.2 Å². The van der Waals surface area contributed by atoms with Crippen LogP contribution in [0.3, 0.4) is 0 Å². The topological polar surface area (TPSA) is 77.0 Å². The molecule has 3 aromatic heterocycles. The van der Waals surface area contributed by atoms with Crippen LogP contribution in [0.15, 0.2) is 60.9 Å². The minimum atomic E-state index is -0.318. The highest BCUT2D eigenvalue weighted by atomic mass is 32.1. The van der Waals surface area contributed by atoms with Gasteiger partial charge in [-0.1, -0.05) is 35.1 Å². The molecule has 0 fully saturated rings. The Hall–Kier alpha value is -3.58. The monoisotopic (exact) mass is 416 g/mol. The Labute approximate surface area is 178 Å². The van der Waals surface area contributed by atoms with E-state index < -0.39 is 0 Å². The van der Waals surface area contributed by atoms with E-state index >= 15 is 0 Å². The van der Waals surface area contributed by atoms with E-state index in [1.54, 1.807) is 24.5 Å². The lowest BCUT2D eigenvalue weighted by atomic mass is 10.1. The molecule has 150 valence electrons. The highest BCUT2D eigenvalue weighted by Gasteiger charge is 2.19. The Morgan fingerprint density at radius 1 is 1.00 bits per heavy atom. The third-order valence-corrected chi connectivity index (χ3v) is 5.53. The van der Waals surface area contributed by atoms with Gasteiger partial charge in [0, 0.05) is 23.7 Å². The maximum Gasteiger partial charge on any atom is 0.262 e. The first kappa shape index (κ1) is 19.7. The van der Waals surface area contributed by atoms with Crippen molar-refractivity contribution in [3.8, 4) is 27.6 Å². The van der Waals surface area contributed by atoms with Gasteiger partial charge >= 0.3 is 0 Å². The van der Waals surface area contributed by atoms with Gasteiger partial charge in [0.05, 0.1) is 17.7 Å². The zero-order valence-corrected chi connectivity index (χ0v) is 17.7. The summed E-state index contributed by atoms with van der Waals surface area (Å²) in [6.45, 7) is 4.00. The largest absolute Gasteiger partial charge is 0.480 e. The van der Waals surface area contributed by atoms with E-state index in [0.717, 1.165) is 33.0 Å². The maximum atomic E-state index is 12.8. The van der Waals surface area contributed by atoms with Crippen molar-refractivity contribution in [1.82, 2.24) is 15.0 Å². The number of anilines is 1. The number of carbonyl (C=O) groups excluding carboxylic acids is 1. The van der Waals surface area contributed by atoms with Crippen LogP contribution in [0, 0.1) is 13.8 Å². The predicted molar refractivity (Wildman–Crippen MR) is 119 cm³/mol. The molecule has 3 heterocycles. The molecule has 1 N–H and O–H groups in total. The van der Waals surface area contributed by atoms with Gasteiger partial charge in [0.25, 0.3) is 5.91 Å². The van der Waals surface area contributed by atoms with Gasteiger partial charge in [-0.2, -0.15) is 0 Å². The van der Waals surface area contributed by atoms with E-state index in [-0.39, 0.29) is 11.8 Å². The molecule has 0 saturated heterocycles. The second-order valence-corrected chi connectivity index (χ2v) is 7.77. The third kappa shape index (κ3) is 4.06. The fourth-order valence-corrected chi connectivity index (χ4v) is 4.11. The summed E-state index contributed by atoms with van der Waals surface area (Å²) in [5.74, 6) is -0.0441. The number of benzene rings is 1. The van der Waals surface area contributed by atoms with E-state index in [4.69, 9.17) is 9.72 Å². The lowest BCUT2D eigenvalue weighted by molar-refractivity contribution is 0.102. The summed E-state index contributed by atoms with van der Waals surface area (Å²) in [5.41, 5.74) is 5.24. The standard InChI is InChI=1S/C23H20N4O2S/c1-14-6-4-7-16(12-14)19-20(17-9-11-24-15(2)13-17)30-23(26-19)27-21(28)18-8-5-10-25-22(18)29-3/h4-13H,1-3H3,(H,26,27,28). The Morgan fingerprint density at radius 2 is 1.87 bits per heavy atom. The summed E-state index contributed by atoms with van der Waals surface area (Å²) in [4.78, 5) is 26.9. The molecule has 30 heavy (non-hydrogen) atoms. The minimum Gasteiger partial charge on any atom is -0.480 e. The van der Waals surface area contributed by atoms with Gasteiger partial charge in [-0.25, -0.2) is 9.97 Å². The van der Waals surface area contributed by atoms with Crippen molar-refractivity contribution in [3.05, 3.63) is 77.7 Å². The molecule has 0 atom stereocenters. The number of nitrogens with zero attached hydrogens (tertiary/aromatic N) is 3. The second kappa shape index (κ2) is 8.42. The number of hydrogen-bond acceptors (Lipinski definition) is 6. The smallest absolute Gasteiger partial charge is 0.262 e. The number of carbonyl (C=O) groups is 1. The number of ether oxygens (including phenoxy) is 1. The van der Waals surface area contributed by atoms with Crippen LogP contribution >= 0.6 is 11.3 Å². The summed E-state index contributed by atoms with van der Waals surface area (Å²) in [7, 11) is 1.49. The average molecular weight is 417 g/mol. The number of thiazole rings is 1. The first-order valence-electron chi connectivity index (χ1n) is 9.36. The highest BCUT2D eigenvalue weighted by Crippen LogP contribution is 2.39. The first-order valence-corrected chi connectivity index (χ1v) is 10.2. The van der Waals surface area contributed by atoms with Crippen LogP contribution in [-0.4, -0.2) is 28.0 Å². The van der Waals surface area contributed by atoms with Gasteiger partial charge in [0.15, 0.2) is 5.13 Å². The molecule has 0 unspecified atom stereocenters. The number of hydrogen-bond donors (Lipinski definition) is 1. The summed E-state index contributed by atoms with van der Waals surface area (Å²) in [6.07, 6.45) is 3.36. The van der Waals surface area contributed by atoms with Gasteiger partial charge < -0.3 is 4.74 Å². The number of nitrogens with one attached hydrogen (secondary N) is 1. The molecule has 0 aliphatic carbocycles. The van der Waals surface area contributed by atoms with Gasteiger partial charge in [-0.3, -0.25) is 15.1 Å². The quantitative estimate of drug-likeness (QED) is 0.487. The SMILES string of the molecule is COc1ncccc1C(=O)Nc1nc(-c2cccc(C)c2)c(-c2ccnc(C)c2)s1. The van der Waals surface area contributed by atoms with Crippen molar-refractivity contribution in [2.75, 3.05) is 12.4 Å². The van der Waals surface area contributed by atoms with Crippen molar-refractivity contribution >= 4 is 22.4 Å². The fourth-order valence-electron chi connectivity index (χ4n) is 3.13. The molecular formula is C23H20N4O2S. The number of rotatable bonds is 5. The number of aromatic nitrogens is 3. The summed E-state index contributed by atoms with van der Waals surface area (Å²) in [5, 5.41) is 3.40. The Morgan fingerprint density at radius 3 is 2.63 bits per heavy atom. The molecule has 1 aromatic carbocycles. The number of aryl methyl sites for hydroxylation is 2. The van der Waals surface area contributed by atoms with Crippen LogP contribution in [-0.2, 0) is 0 Å². The second-order valence-electron chi connectivity index (χ2n) is 6.77. The highest BCUT2D eigenvalue weighted by molar-refractivity contribution is 7.19. The van der Waals surface area contributed by atoms with Gasteiger partial charge in [0.2, 0.25) is 5.88 Å². The van der Waals surface area contributed by atoms with Crippen molar-refractivity contribution in [1.29, 1.82) is 0 Å². The molecule has 4 aromatic rings. The number of amides is 1. The molecular weight excluding hydrogens is 396 g/mol. The van der Waals surface area contributed by atoms with Gasteiger partial charge in [-0.15, -0.1) is 0 Å². The summed E-state index contributed by atoms with van der Waals surface area (Å²) < 4.78 is 5.20. The first-order chi connectivity index (χ1) is 14.5. The van der Waals surface area contributed by atoms with Crippen LogP contribution in [0.5, 0.6) is 5.88 Å². The Balaban J connectivity index is 1.76. The van der Waals surface area contributed by atoms with E-state index in [1.165, 1.54) is 18.4 Å². The van der Waals surface area contributed by atoms with E-state index in [0.29, 0.717) is 10.7 Å². The molecule has 0 bridgehead atoms. The predicted octanol–water partition coefficient (Wildman–Crippen LogP) is 5.14. The van der Waals surface area contributed by atoms with Gasteiger partial charge in [-0.05, 0) is 49.7 Å². The van der Waals surface area contributed by atoms with Crippen LogP contribution in [0.1, 0.15) is 21.6 Å². The van der Waals surface area contributed by atoms with Crippen LogP contribution in [0.4, 0.5) is 5.13 Å². The number of pyridine rings is 2. The van der Waals surface area contributed by atoms with Gasteiger partial charge in [0.1, 0.15) is 5.56 Å².